The summed E-state index contributed by atoms with van der Waals surface area (Å²) in [6, 6.07) is 0. The van der Waals surface area contributed by atoms with Gasteiger partial charge in [-0.05, 0) is 0 Å². The van der Waals surface area contributed by atoms with Gasteiger partial charge in [-0.1, -0.05) is 6.92 Å². The van der Waals surface area contributed by atoms with Gasteiger partial charge in [0.15, 0.2) is 5.96 Å². The standard InChI is InChI=1S/C11H20N6O/c1-2-10-15-14-9-17(10)4-3-13-11(12)16-5-7-18-8-6-16/h9H,2-8H2,1H3,(H2,12,13). The van der Waals surface area contributed by atoms with E-state index in [1.54, 1.807) is 6.33 Å². The van der Waals surface area contributed by atoms with Crippen LogP contribution in [0.4, 0.5) is 0 Å². The molecule has 0 unspecified atom stereocenters. The zero-order chi connectivity index (χ0) is 12.8. The minimum Gasteiger partial charge on any atom is -0.378 e. The first kappa shape index (κ1) is 12.8. The van der Waals surface area contributed by atoms with Crippen LogP contribution in [0.15, 0.2) is 11.3 Å². The Morgan fingerprint density at radius 3 is 3.00 bits per heavy atom. The van der Waals surface area contributed by atoms with Gasteiger partial charge in [-0.15, -0.1) is 10.2 Å². The Balaban J connectivity index is 1.83. The average molecular weight is 252 g/mol. The van der Waals surface area contributed by atoms with E-state index in [1.807, 2.05) is 4.57 Å². The van der Waals surface area contributed by atoms with Crippen LogP contribution in [0.3, 0.4) is 0 Å². The number of aliphatic imine (C=N–C) groups is 1. The van der Waals surface area contributed by atoms with E-state index in [9.17, 15) is 0 Å². The number of ether oxygens (including phenoxy) is 1. The maximum Gasteiger partial charge on any atom is 0.191 e. The fourth-order valence-electron chi connectivity index (χ4n) is 1.90. The summed E-state index contributed by atoms with van der Waals surface area (Å²) in [6.45, 7) is 6.56. The number of hydrogen-bond acceptors (Lipinski definition) is 4. The minimum absolute atomic E-state index is 0.601. The fraction of sp³-hybridized carbons (Fsp3) is 0.727. The number of rotatable bonds is 4. The van der Waals surface area contributed by atoms with Crippen LogP contribution >= 0.6 is 0 Å². The topological polar surface area (TPSA) is 81.6 Å². The molecule has 0 bridgehead atoms. The van der Waals surface area contributed by atoms with Crippen molar-refractivity contribution in [1.82, 2.24) is 19.7 Å². The van der Waals surface area contributed by atoms with Crippen LogP contribution in [0.1, 0.15) is 12.7 Å². The fourth-order valence-corrected chi connectivity index (χ4v) is 1.90. The van der Waals surface area contributed by atoms with E-state index in [1.165, 1.54) is 0 Å². The van der Waals surface area contributed by atoms with Gasteiger partial charge in [-0.2, -0.15) is 0 Å². The Morgan fingerprint density at radius 1 is 1.50 bits per heavy atom. The van der Waals surface area contributed by atoms with E-state index < -0.39 is 0 Å². The minimum atomic E-state index is 0.601. The number of nitrogens with zero attached hydrogens (tertiary/aromatic N) is 5. The molecule has 1 aliphatic rings. The second-order valence-electron chi connectivity index (χ2n) is 4.13. The molecule has 0 spiro atoms. The van der Waals surface area contributed by atoms with E-state index in [2.05, 4.69) is 27.0 Å². The number of morpholine rings is 1. The largest absolute Gasteiger partial charge is 0.378 e. The van der Waals surface area contributed by atoms with Crippen molar-refractivity contribution in [1.29, 1.82) is 0 Å². The summed E-state index contributed by atoms with van der Waals surface area (Å²) in [4.78, 5) is 6.44. The van der Waals surface area contributed by atoms with Crippen molar-refractivity contribution in [2.24, 2.45) is 10.7 Å². The first-order valence-electron chi connectivity index (χ1n) is 6.30. The molecule has 0 aliphatic carbocycles. The Bertz CT molecular complexity index is 396. The summed E-state index contributed by atoms with van der Waals surface area (Å²) in [5.74, 6) is 1.58. The number of aromatic nitrogens is 3. The molecule has 1 fully saturated rings. The summed E-state index contributed by atoms with van der Waals surface area (Å²) < 4.78 is 7.28. The lowest BCUT2D eigenvalue weighted by molar-refractivity contribution is 0.0674. The number of hydrogen-bond donors (Lipinski definition) is 1. The lowest BCUT2D eigenvalue weighted by Gasteiger charge is -2.27. The Kier molecular flexibility index (Phi) is 4.52. The molecular weight excluding hydrogens is 232 g/mol. The molecule has 0 saturated carbocycles. The van der Waals surface area contributed by atoms with Gasteiger partial charge in [-0.25, -0.2) is 0 Å². The van der Waals surface area contributed by atoms with Gasteiger partial charge >= 0.3 is 0 Å². The molecule has 0 radical (unpaired) electrons. The Morgan fingerprint density at radius 2 is 2.28 bits per heavy atom. The van der Waals surface area contributed by atoms with Crippen LogP contribution in [-0.2, 0) is 17.7 Å². The van der Waals surface area contributed by atoms with Crippen LogP contribution in [0.5, 0.6) is 0 Å². The zero-order valence-corrected chi connectivity index (χ0v) is 10.7. The van der Waals surface area contributed by atoms with Crippen molar-refractivity contribution >= 4 is 5.96 Å². The monoisotopic (exact) mass is 252 g/mol. The molecule has 2 heterocycles. The Hall–Kier alpha value is -1.63. The highest BCUT2D eigenvalue weighted by atomic mass is 16.5. The molecule has 1 saturated heterocycles. The first-order valence-corrected chi connectivity index (χ1v) is 6.30. The summed E-state index contributed by atoms with van der Waals surface area (Å²) in [7, 11) is 0. The predicted molar refractivity (Wildman–Crippen MR) is 68.3 cm³/mol. The molecule has 0 amide bonds. The van der Waals surface area contributed by atoms with Crippen LogP contribution in [-0.4, -0.2) is 58.5 Å². The molecule has 1 aromatic rings. The smallest absolute Gasteiger partial charge is 0.191 e. The van der Waals surface area contributed by atoms with Gasteiger partial charge < -0.3 is 19.9 Å². The van der Waals surface area contributed by atoms with Gasteiger partial charge in [0.25, 0.3) is 0 Å². The van der Waals surface area contributed by atoms with Crippen molar-refractivity contribution in [3.05, 3.63) is 12.2 Å². The van der Waals surface area contributed by atoms with Gasteiger partial charge in [0.2, 0.25) is 0 Å². The van der Waals surface area contributed by atoms with Crippen LogP contribution in [0.2, 0.25) is 0 Å². The normalized spacial score (nSPS) is 17.2. The maximum atomic E-state index is 5.94. The number of aryl methyl sites for hydroxylation is 1. The lowest BCUT2D eigenvalue weighted by atomic mass is 10.4. The number of guanidine groups is 1. The average Bonchev–Trinajstić information content (AvgIpc) is 2.87. The van der Waals surface area contributed by atoms with Crippen LogP contribution in [0, 0.1) is 0 Å². The quantitative estimate of drug-likeness (QED) is 0.576. The third-order valence-corrected chi connectivity index (χ3v) is 2.96. The van der Waals surface area contributed by atoms with Crippen molar-refractivity contribution in [2.75, 3.05) is 32.8 Å². The SMILES string of the molecule is CCc1nncn1CCN=C(N)N1CCOCC1. The van der Waals surface area contributed by atoms with E-state index >= 15 is 0 Å². The van der Waals surface area contributed by atoms with E-state index in [0.29, 0.717) is 12.5 Å². The highest BCUT2D eigenvalue weighted by Crippen LogP contribution is 1.98. The summed E-state index contributed by atoms with van der Waals surface area (Å²) in [6.07, 6.45) is 2.61. The van der Waals surface area contributed by atoms with E-state index in [-0.39, 0.29) is 0 Å². The van der Waals surface area contributed by atoms with E-state index in [0.717, 1.165) is 45.1 Å². The second-order valence-corrected chi connectivity index (χ2v) is 4.13. The molecule has 1 aromatic heterocycles. The van der Waals surface area contributed by atoms with Crippen molar-refractivity contribution in [3.63, 3.8) is 0 Å². The molecule has 1 aliphatic heterocycles. The molecule has 0 aromatic carbocycles. The van der Waals surface area contributed by atoms with Crippen molar-refractivity contribution < 1.29 is 4.74 Å². The molecular formula is C11H20N6O. The van der Waals surface area contributed by atoms with Gasteiger partial charge in [0, 0.05) is 26.1 Å². The molecule has 7 nitrogen and oxygen atoms in total. The molecule has 2 rings (SSSR count). The molecule has 0 atom stereocenters. The molecule has 2 N–H and O–H groups in total. The summed E-state index contributed by atoms with van der Waals surface area (Å²) >= 11 is 0. The third-order valence-electron chi connectivity index (χ3n) is 2.96. The molecule has 18 heavy (non-hydrogen) atoms. The summed E-state index contributed by atoms with van der Waals surface area (Å²) in [5, 5.41) is 7.92. The van der Waals surface area contributed by atoms with Crippen molar-refractivity contribution in [2.45, 2.75) is 19.9 Å². The highest BCUT2D eigenvalue weighted by molar-refractivity contribution is 5.78. The van der Waals surface area contributed by atoms with Crippen LogP contribution in [0.25, 0.3) is 0 Å². The van der Waals surface area contributed by atoms with E-state index in [4.69, 9.17) is 10.5 Å². The first-order chi connectivity index (χ1) is 8.81. The van der Waals surface area contributed by atoms with Crippen LogP contribution < -0.4 is 5.73 Å². The second kappa shape index (κ2) is 6.34. The van der Waals surface area contributed by atoms with Gasteiger partial charge in [0.05, 0.1) is 19.8 Å². The lowest BCUT2D eigenvalue weighted by Crippen LogP contribution is -2.44. The third kappa shape index (κ3) is 3.19. The van der Waals surface area contributed by atoms with Crippen molar-refractivity contribution in [3.8, 4) is 0 Å². The zero-order valence-electron chi connectivity index (χ0n) is 10.7. The number of nitrogens with two attached hydrogens (primary N) is 1. The van der Waals surface area contributed by atoms with Gasteiger partial charge in [-0.3, -0.25) is 4.99 Å². The molecule has 100 valence electrons. The summed E-state index contributed by atoms with van der Waals surface area (Å²) in [5.41, 5.74) is 5.94. The highest BCUT2D eigenvalue weighted by Gasteiger charge is 2.11. The maximum absolute atomic E-state index is 5.94. The Labute approximate surface area is 107 Å². The predicted octanol–water partition coefficient (Wildman–Crippen LogP) is -0.513. The van der Waals surface area contributed by atoms with Gasteiger partial charge in [0.1, 0.15) is 12.2 Å². The molecule has 7 heteroatoms.